The molecule has 1 heterocycles. The Kier molecular flexibility index (Phi) is 6.70. The van der Waals surface area contributed by atoms with Gasteiger partial charge in [0.1, 0.15) is 6.61 Å². The average molecular weight is 422 g/mol. The Morgan fingerprint density at radius 3 is 2.60 bits per heavy atom. The Balaban J connectivity index is 1.79. The molecule has 6 nitrogen and oxygen atoms in total. The number of amides is 1. The second-order valence-electron chi connectivity index (χ2n) is 6.74. The average Bonchev–Trinajstić information content (AvgIpc) is 3.18. The number of nitrogens with zero attached hydrogens (tertiary/aromatic N) is 3. The summed E-state index contributed by atoms with van der Waals surface area (Å²) >= 11 is 1.39. The fourth-order valence-corrected chi connectivity index (χ4v) is 3.75. The van der Waals surface area contributed by atoms with Crippen molar-refractivity contribution in [2.75, 3.05) is 11.5 Å². The number of rotatable bonds is 7. The fourth-order valence-electron chi connectivity index (χ4n) is 2.87. The minimum atomic E-state index is -0.106. The third-order valence-electron chi connectivity index (χ3n) is 4.54. The van der Waals surface area contributed by atoms with E-state index in [1.54, 1.807) is 23.1 Å². The first kappa shape index (κ1) is 21.3. The predicted octanol–water partition coefficient (Wildman–Crippen LogP) is 5.29. The van der Waals surface area contributed by atoms with Gasteiger partial charge in [0.05, 0.1) is 29.6 Å². The van der Waals surface area contributed by atoms with Crippen molar-refractivity contribution in [3.8, 4) is 17.6 Å². The van der Waals surface area contributed by atoms with Crippen LogP contribution in [-0.2, 0) is 11.4 Å². The van der Waals surface area contributed by atoms with Crippen molar-refractivity contribution in [2.24, 2.45) is 0 Å². The van der Waals surface area contributed by atoms with Crippen molar-refractivity contribution >= 4 is 28.1 Å². The number of carbonyl (C=O) groups excluding carboxylic acids is 1. The molecule has 0 atom stereocenters. The first-order valence-corrected chi connectivity index (χ1v) is 10.4. The Hall–Kier alpha value is -3.37. The molecule has 0 N–H and O–H groups in total. The van der Waals surface area contributed by atoms with Crippen LogP contribution >= 0.6 is 11.3 Å². The van der Waals surface area contributed by atoms with Crippen molar-refractivity contribution < 1.29 is 14.3 Å². The molecule has 0 aliphatic heterocycles. The molecule has 0 aliphatic rings. The summed E-state index contributed by atoms with van der Waals surface area (Å²) < 4.78 is 11.5. The van der Waals surface area contributed by atoms with Crippen LogP contribution in [0.25, 0.3) is 0 Å². The zero-order valence-corrected chi connectivity index (χ0v) is 18.2. The number of carbonyl (C=O) groups is 1. The summed E-state index contributed by atoms with van der Waals surface area (Å²) in [5.41, 5.74) is 4.29. The van der Waals surface area contributed by atoms with E-state index in [0.717, 1.165) is 11.3 Å². The maximum absolute atomic E-state index is 12.3. The summed E-state index contributed by atoms with van der Waals surface area (Å²) in [4.78, 5) is 18.5. The molecule has 0 radical (unpaired) electrons. The second kappa shape index (κ2) is 9.42. The van der Waals surface area contributed by atoms with Crippen molar-refractivity contribution in [3.05, 3.63) is 64.2 Å². The van der Waals surface area contributed by atoms with Crippen LogP contribution in [0.5, 0.6) is 11.5 Å². The van der Waals surface area contributed by atoms with Gasteiger partial charge >= 0.3 is 0 Å². The number of thiazole rings is 1. The van der Waals surface area contributed by atoms with Crippen LogP contribution in [0.3, 0.4) is 0 Å². The number of benzene rings is 2. The lowest BCUT2D eigenvalue weighted by molar-refractivity contribution is -0.115. The van der Waals surface area contributed by atoms with Crippen LogP contribution < -0.4 is 14.4 Å². The van der Waals surface area contributed by atoms with E-state index in [2.05, 4.69) is 11.1 Å². The summed E-state index contributed by atoms with van der Waals surface area (Å²) in [6, 6.07) is 13.1. The fraction of sp³-hybridized carbons (Fsp3) is 0.261. The first-order valence-electron chi connectivity index (χ1n) is 9.55. The molecule has 0 saturated carbocycles. The highest BCUT2D eigenvalue weighted by Gasteiger charge is 2.19. The van der Waals surface area contributed by atoms with Gasteiger partial charge in [0, 0.05) is 18.4 Å². The van der Waals surface area contributed by atoms with Crippen molar-refractivity contribution in [1.29, 1.82) is 5.26 Å². The maximum atomic E-state index is 12.3. The van der Waals surface area contributed by atoms with Gasteiger partial charge in [-0.25, -0.2) is 4.98 Å². The first-order chi connectivity index (χ1) is 14.4. The number of anilines is 2. The summed E-state index contributed by atoms with van der Waals surface area (Å²) in [6.45, 7) is 8.15. The molecule has 7 heteroatoms. The van der Waals surface area contributed by atoms with E-state index in [4.69, 9.17) is 14.7 Å². The molecule has 0 saturated heterocycles. The number of nitriles is 1. The van der Waals surface area contributed by atoms with Crippen molar-refractivity contribution in [2.45, 2.75) is 34.3 Å². The van der Waals surface area contributed by atoms with Crippen LogP contribution in [-0.4, -0.2) is 17.5 Å². The highest BCUT2D eigenvalue weighted by atomic mass is 32.1. The maximum Gasteiger partial charge on any atom is 0.230 e. The molecular formula is C23H23N3O3S. The van der Waals surface area contributed by atoms with Gasteiger partial charge in [0.2, 0.25) is 5.91 Å². The van der Waals surface area contributed by atoms with Crippen LogP contribution in [0.2, 0.25) is 0 Å². The van der Waals surface area contributed by atoms with E-state index in [1.165, 1.54) is 23.8 Å². The minimum absolute atomic E-state index is 0.106. The lowest BCUT2D eigenvalue weighted by atomic mass is 10.1. The molecule has 2 aromatic carbocycles. The van der Waals surface area contributed by atoms with Gasteiger partial charge in [-0.3, -0.25) is 9.69 Å². The molecular weight excluding hydrogens is 398 g/mol. The molecule has 0 aliphatic carbocycles. The third kappa shape index (κ3) is 4.78. The van der Waals surface area contributed by atoms with Crippen LogP contribution in [0.4, 0.5) is 10.8 Å². The van der Waals surface area contributed by atoms with Crippen molar-refractivity contribution in [3.63, 3.8) is 0 Å². The molecule has 154 valence electrons. The number of hydrogen-bond donors (Lipinski definition) is 0. The SMILES string of the molecule is CCOc1cc(C#N)ccc1OCc1csc(N(C(C)=O)c2ccc(C)c(C)c2)n1. The standard InChI is InChI=1S/C23H23N3O3S/c1-5-28-22-11-18(12-24)7-9-21(22)29-13-19-14-30-23(25-19)26(17(4)27)20-8-6-15(2)16(3)10-20/h6-11,14H,5,13H2,1-4H3. The van der Waals surface area contributed by atoms with Gasteiger partial charge in [-0.15, -0.1) is 11.3 Å². The normalized spacial score (nSPS) is 10.4. The topological polar surface area (TPSA) is 75.5 Å². The van der Waals surface area contributed by atoms with Crippen LogP contribution in [0.15, 0.2) is 41.8 Å². The summed E-state index contributed by atoms with van der Waals surface area (Å²) in [5.74, 6) is 0.960. The Bertz CT molecular complexity index is 1100. The molecule has 0 spiro atoms. The van der Waals surface area contributed by atoms with Crippen molar-refractivity contribution in [1.82, 2.24) is 4.98 Å². The Morgan fingerprint density at radius 2 is 1.93 bits per heavy atom. The zero-order valence-electron chi connectivity index (χ0n) is 17.4. The van der Waals surface area contributed by atoms with E-state index in [9.17, 15) is 4.79 Å². The Labute approximate surface area is 180 Å². The molecule has 0 fully saturated rings. The van der Waals surface area contributed by atoms with Crippen LogP contribution in [0.1, 0.15) is 36.2 Å². The molecule has 30 heavy (non-hydrogen) atoms. The number of aryl methyl sites for hydroxylation is 2. The third-order valence-corrected chi connectivity index (χ3v) is 5.42. The van der Waals surface area contributed by atoms with E-state index in [0.29, 0.717) is 34.5 Å². The quantitative estimate of drug-likeness (QED) is 0.518. The molecule has 0 unspecified atom stereocenters. The van der Waals surface area contributed by atoms with Gasteiger partial charge in [-0.05, 0) is 56.2 Å². The Morgan fingerprint density at radius 1 is 1.13 bits per heavy atom. The van der Waals surface area contributed by atoms with Gasteiger partial charge in [-0.1, -0.05) is 6.07 Å². The zero-order chi connectivity index (χ0) is 21.7. The van der Waals surface area contributed by atoms with E-state index >= 15 is 0 Å². The monoisotopic (exact) mass is 421 g/mol. The van der Waals surface area contributed by atoms with Gasteiger partial charge in [0.25, 0.3) is 0 Å². The molecule has 3 aromatic rings. The van der Waals surface area contributed by atoms with E-state index < -0.39 is 0 Å². The molecule has 1 amide bonds. The largest absolute Gasteiger partial charge is 0.490 e. The van der Waals surface area contributed by atoms with Gasteiger partial charge < -0.3 is 9.47 Å². The number of hydrogen-bond acceptors (Lipinski definition) is 6. The smallest absolute Gasteiger partial charge is 0.230 e. The highest BCUT2D eigenvalue weighted by molar-refractivity contribution is 7.14. The summed E-state index contributed by atoms with van der Waals surface area (Å²) in [7, 11) is 0. The minimum Gasteiger partial charge on any atom is -0.490 e. The van der Waals surface area contributed by atoms with Gasteiger partial charge in [0.15, 0.2) is 16.6 Å². The summed E-state index contributed by atoms with van der Waals surface area (Å²) in [6.07, 6.45) is 0. The number of aromatic nitrogens is 1. The molecule has 3 rings (SSSR count). The second-order valence-corrected chi connectivity index (χ2v) is 7.58. The van der Waals surface area contributed by atoms with E-state index in [-0.39, 0.29) is 12.5 Å². The lowest BCUT2D eigenvalue weighted by Gasteiger charge is -2.19. The molecule has 0 bridgehead atoms. The highest BCUT2D eigenvalue weighted by Crippen LogP contribution is 2.32. The predicted molar refractivity (Wildman–Crippen MR) is 118 cm³/mol. The van der Waals surface area contributed by atoms with Gasteiger partial charge in [-0.2, -0.15) is 5.26 Å². The lowest BCUT2D eigenvalue weighted by Crippen LogP contribution is -2.22. The van der Waals surface area contributed by atoms with Crippen LogP contribution in [0, 0.1) is 25.2 Å². The molecule has 1 aromatic heterocycles. The number of ether oxygens (including phenoxy) is 2. The van der Waals surface area contributed by atoms with E-state index in [1.807, 2.05) is 44.4 Å². The summed E-state index contributed by atoms with van der Waals surface area (Å²) in [5, 5.41) is 11.5.